The number of amides is 1. The molecule has 0 unspecified atom stereocenters. The van der Waals surface area contributed by atoms with Crippen LogP contribution in [0.15, 0.2) is 47.3 Å². The fourth-order valence-electron chi connectivity index (χ4n) is 3.84. The van der Waals surface area contributed by atoms with Crippen molar-refractivity contribution in [3.63, 3.8) is 0 Å². The summed E-state index contributed by atoms with van der Waals surface area (Å²) in [5, 5.41) is 3.72. The van der Waals surface area contributed by atoms with Crippen molar-refractivity contribution in [3.05, 3.63) is 59.5 Å². The fourth-order valence-corrected chi connectivity index (χ4v) is 3.84. The lowest BCUT2D eigenvalue weighted by Crippen LogP contribution is -2.45. The Balaban J connectivity index is 1.39. The Hall–Kier alpha value is -2.07. The number of hydrogen-bond acceptors (Lipinski definition) is 3. The molecule has 2 aromatic rings. The van der Waals surface area contributed by atoms with Crippen LogP contribution in [0.2, 0.25) is 0 Å². The number of nitrogens with one attached hydrogen (secondary N) is 1. The van der Waals surface area contributed by atoms with Gasteiger partial charge in [0.1, 0.15) is 6.26 Å². The quantitative estimate of drug-likeness (QED) is 0.791. The van der Waals surface area contributed by atoms with Gasteiger partial charge in [0, 0.05) is 19.1 Å². The van der Waals surface area contributed by atoms with Crippen molar-refractivity contribution >= 4 is 5.91 Å². The molecule has 1 saturated heterocycles. The van der Waals surface area contributed by atoms with E-state index in [-0.39, 0.29) is 11.3 Å². The molecular formula is C24H34N2O2. The molecule has 152 valence electrons. The van der Waals surface area contributed by atoms with E-state index < -0.39 is 0 Å². The summed E-state index contributed by atoms with van der Waals surface area (Å²) in [7, 11) is 0. The van der Waals surface area contributed by atoms with E-state index in [1.165, 1.54) is 17.4 Å². The number of carbonyl (C=O) groups excluding carboxylic acids is 1. The van der Waals surface area contributed by atoms with Crippen LogP contribution >= 0.6 is 0 Å². The molecule has 0 radical (unpaired) electrons. The zero-order chi connectivity index (χ0) is 20.1. The molecule has 2 heterocycles. The molecule has 1 fully saturated rings. The first-order valence-corrected chi connectivity index (χ1v) is 10.5. The third-order valence-corrected chi connectivity index (χ3v) is 5.71. The lowest BCUT2D eigenvalue weighted by atomic mass is 9.86. The van der Waals surface area contributed by atoms with Crippen molar-refractivity contribution in [1.82, 2.24) is 10.2 Å². The van der Waals surface area contributed by atoms with Gasteiger partial charge in [0.2, 0.25) is 0 Å². The van der Waals surface area contributed by atoms with E-state index in [1.807, 2.05) is 4.90 Å². The Morgan fingerprint density at radius 2 is 1.86 bits per heavy atom. The summed E-state index contributed by atoms with van der Waals surface area (Å²) in [4.78, 5) is 14.3. The second-order valence-electron chi connectivity index (χ2n) is 9.24. The van der Waals surface area contributed by atoms with Gasteiger partial charge in [-0.25, -0.2) is 0 Å². The predicted octanol–water partition coefficient (Wildman–Crippen LogP) is 4.65. The molecule has 4 heteroatoms. The summed E-state index contributed by atoms with van der Waals surface area (Å²) in [6.45, 7) is 11.7. The third kappa shape index (κ3) is 5.48. The average Bonchev–Trinajstić information content (AvgIpc) is 3.21. The van der Waals surface area contributed by atoms with Crippen LogP contribution in [0.4, 0.5) is 0 Å². The van der Waals surface area contributed by atoms with Gasteiger partial charge < -0.3 is 14.6 Å². The highest BCUT2D eigenvalue weighted by molar-refractivity contribution is 5.93. The zero-order valence-electron chi connectivity index (χ0n) is 17.7. The fraction of sp³-hybridized carbons (Fsp3) is 0.542. The molecular weight excluding hydrogens is 348 g/mol. The van der Waals surface area contributed by atoms with Gasteiger partial charge in [-0.2, -0.15) is 0 Å². The van der Waals surface area contributed by atoms with Crippen LogP contribution < -0.4 is 5.32 Å². The molecule has 1 aliphatic heterocycles. The number of furan rings is 1. The molecule has 1 N–H and O–H groups in total. The minimum absolute atomic E-state index is 0.0827. The second-order valence-corrected chi connectivity index (χ2v) is 9.24. The van der Waals surface area contributed by atoms with Crippen molar-refractivity contribution < 1.29 is 9.21 Å². The maximum atomic E-state index is 12.4. The lowest BCUT2D eigenvalue weighted by molar-refractivity contribution is 0.0703. The molecule has 4 nitrogen and oxygen atoms in total. The SMILES string of the molecule is C[C@H](CNC1CCN(C(=O)c2ccoc2)CC1)Cc1ccc(C(C)(C)C)cc1. The number of piperidine rings is 1. The van der Waals surface area contributed by atoms with Gasteiger partial charge in [-0.05, 0) is 54.3 Å². The third-order valence-electron chi connectivity index (χ3n) is 5.71. The minimum Gasteiger partial charge on any atom is -0.472 e. The molecule has 3 rings (SSSR count). The van der Waals surface area contributed by atoms with E-state index in [2.05, 4.69) is 57.3 Å². The highest BCUT2D eigenvalue weighted by Gasteiger charge is 2.24. The summed E-state index contributed by atoms with van der Waals surface area (Å²) in [5.41, 5.74) is 3.65. The van der Waals surface area contributed by atoms with E-state index in [1.54, 1.807) is 12.3 Å². The van der Waals surface area contributed by atoms with Crippen LogP contribution in [0.5, 0.6) is 0 Å². The number of nitrogens with zero attached hydrogens (tertiary/aromatic N) is 1. The molecule has 0 aliphatic carbocycles. The molecule has 1 amide bonds. The first-order valence-electron chi connectivity index (χ1n) is 10.5. The lowest BCUT2D eigenvalue weighted by Gasteiger charge is -2.33. The van der Waals surface area contributed by atoms with Crippen LogP contribution in [0.25, 0.3) is 0 Å². The van der Waals surface area contributed by atoms with E-state index in [0.717, 1.165) is 38.9 Å². The first kappa shape index (κ1) is 20.7. The molecule has 1 aliphatic rings. The van der Waals surface area contributed by atoms with Crippen LogP contribution in [0.1, 0.15) is 62.0 Å². The number of rotatable bonds is 6. The zero-order valence-corrected chi connectivity index (χ0v) is 17.7. The maximum absolute atomic E-state index is 12.4. The predicted molar refractivity (Wildman–Crippen MR) is 114 cm³/mol. The molecule has 28 heavy (non-hydrogen) atoms. The van der Waals surface area contributed by atoms with Gasteiger partial charge >= 0.3 is 0 Å². The van der Waals surface area contributed by atoms with Gasteiger partial charge in [-0.3, -0.25) is 4.79 Å². The summed E-state index contributed by atoms with van der Waals surface area (Å²) >= 11 is 0. The van der Waals surface area contributed by atoms with E-state index in [4.69, 9.17) is 4.42 Å². The Bertz CT molecular complexity index is 736. The van der Waals surface area contributed by atoms with Crippen molar-refractivity contribution in [2.45, 2.75) is 58.4 Å². The topological polar surface area (TPSA) is 45.5 Å². The van der Waals surface area contributed by atoms with Crippen LogP contribution in [-0.2, 0) is 11.8 Å². The van der Waals surface area contributed by atoms with E-state index >= 15 is 0 Å². The Labute approximate surface area is 169 Å². The van der Waals surface area contributed by atoms with Gasteiger partial charge in [0.15, 0.2) is 0 Å². The van der Waals surface area contributed by atoms with Crippen molar-refractivity contribution in [3.8, 4) is 0 Å². The smallest absolute Gasteiger partial charge is 0.257 e. The van der Waals surface area contributed by atoms with Crippen molar-refractivity contribution in [2.75, 3.05) is 19.6 Å². The van der Waals surface area contributed by atoms with Crippen molar-refractivity contribution in [1.29, 1.82) is 0 Å². The number of hydrogen-bond donors (Lipinski definition) is 1. The van der Waals surface area contributed by atoms with Gasteiger partial charge in [-0.1, -0.05) is 52.0 Å². The standard InChI is InChI=1S/C24H34N2O2/c1-18(15-19-5-7-21(8-6-19)24(2,3)4)16-25-22-9-12-26(13-10-22)23(27)20-11-14-28-17-20/h5-8,11,14,17-18,22,25H,9-10,12-13,15-16H2,1-4H3/t18-/m0/s1. The Morgan fingerprint density at radius 1 is 1.18 bits per heavy atom. The molecule has 1 aromatic carbocycles. The molecule has 1 aromatic heterocycles. The largest absolute Gasteiger partial charge is 0.472 e. The molecule has 0 spiro atoms. The summed E-state index contributed by atoms with van der Waals surface area (Å²) in [6.07, 6.45) is 6.20. The Morgan fingerprint density at radius 3 is 2.43 bits per heavy atom. The minimum atomic E-state index is 0.0827. The van der Waals surface area contributed by atoms with Crippen LogP contribution in [0, 0.1) is 5.92 Å². The highest BCUT2D eigenvalue weighted by atomic mass is 16.3. The summed E-state index contributed by atoms with van der Waals surface area (Å²) in [5.74, 6) is 0.672. The van der Waals surface area contributed by atoms with E-state index in [9.17, 15) is 4.79 Å². The number of benzene rings is 1. The van der Waals surface area contributed by atoms with Gasteiger partial charge in [0.25, 0.3) is 5.91 Å². The van der Waals surface area contributed by atoms with Crippen LogP contribution in [-0.4, -0.2) is 36.5 Å². The first-order chi connectivity index (χ1) is 13.3. The Kier molecular flexibility index (Phi) is 6.61. The van der Waals surface area contributed by atoms with Gasteiger partial charge in [0.05, 0.1) is 11.8 Å². The van der Waals surface area contributed by atoms with Crippen LogP contribution in [0.3, 0.4) is 0 Å². The molecule has 0 saturated carbocycles. The number of carbonyl (C=O) groups is 1. The highest BCUT2D eigenvalue weighted by Crippen LogP contribution is 2.23. The molecule has 1 atom stereocenters. The average molecular weight is 383 g/mol. The molecule has 0 bridgehead atoms. The van der Waals surface area contributed by atoms with E-state index in [0.29, 0.717) is 17.5 Å². The second kappa shape index (κ2) is 8.95. The normalized spacial score (nSPS) is 16.9. The maximum Gasteiger partial charge on any atom is 0.257 e. The monoisotopic (exact) mass is 382 g/mol. The van der Waals surface area contributed by atoms with Crippen molar-refractivity contribution in [2.24, 2.45) is 5.92 Å². The van der Waals surface area contributed by atoms with Gasteiger partial charge in [-0.15, -0.1) is 0 Å². The summed E-state index contributed by atoms with van der Waals surface area (Å²) in [6, 6.07) is 11.3. The summed E-state index contributed by atoms with van der Waals surface area (Å²) < 4.78 is 5.02. The number of likely N-dealkylation sites (tertiary alicyclic amines) is 1.